The van der Waals surface area contributed by atoms with Crippen molar-refractivity contribution >= 4 is 15.9 Å². The molecule has 1 rings (SSSR count). The Morgan fingerprint density at radius 2 is 1.94 bits per heavy atom. The first-order chi connectivity index (χ1) is 8.11. The molecule has 1 atom stereocenters. The van der Waals surface area contributed by atoms with Gasteiger partial charge in [0, 0.05) is 11.0 Å². The van der Waals surface area contributed by atoms with Crippen LogP contribution in [0.5, 0.6) is 0 Å². The average molecular weight is 299 g/mol. The third-order valence-electron chi connectivity index (χ3n) is 3.00. The Morgan fingerprint density at radius 1 is 1.29 bits per heavy atom. The fourth-order valence-corrected chi connectivity index (χ4v) is 2.07. The molecule has 0 spiro atoms. The molecular weight excluding hydrogens is 276 g/mol. The van der Waals surface area contributed by atoms with E-state index >= 15 is 0 Å². The van der Waals surface area contributed by atoms with Gasteiger partial charge in [0.1, 0.15) is 0 Å². The molecule has 96 valence electrons. The smallest absolute Gasteiger partial charge is 0.0230 e. The molecule has 0 amide bonds. The van der Waals surface area contributed by atoms with E-state index in [9.17, 15) is 0 Å². The first-order valence-electron chi connectivity index (χ1n) is 6.25. The summed E-state index contributed by atoms with van der Waals surface area (Å²) in [5.41, 5.74) is 6.97. The fourth-order valence-electron chi connectivity index (χ4n) is 1.81. The first-order valence-corrected chi connectivity index (χ1v) is 7.04. The maximum Gasteiger partial charge on any atom is 0.0230 e. The number of benzene rings is 1. The summed E-state index contributed by atoms with van der Waals surface area (Å²) < 4.78 is 1.14. The van der Waals surface area contributed by atoms with Crippen molar-refractivity contribution in [3.8, 4) is 0 Å². The average Bonchev–Trinajstić information content (AvgIpc) is 2.32. The Hall–Kier alpha value is -0.380. The third-order valence-corrected chi connectivity index (χ3v) is 3.53. The largest absolute Gasteiger partial charge is 0.330 e. The Balaban J connectivity index is 2.25. The zero-order valence-electron chi connectivity index (χ0n) is 10.8. The zero-order chi connectivity index (χ0) is 12.7. The summed E-state index contributed by atoms with van der Waals surface area (Å²) in [6, 6.07) is 8.53. The summed E-state index contributed by atoms with van der Waals surface area (Å²) in [6.45, 7) is 5.18. The first kappa shape index (κ1) is 14.7. The summed E-state index contributed by atoms with van der Waals surface area (Å²) in [4.78, 5) is 2.37. The molecule has 0 saturated heterocycles. The van der Waals surface area contributed by atoms with Gasteiger partial charge < -0.3 is 10.6 Å². The SMILES string of the molecule is CC(CN)CCCN(C)Cc1ccc(Br)cc1. The fraction of sp³-hybridized carbons (Fsp3) is 0.571. The van der Waals surface area contributed by atoms with Gasteiger partial charge in [-0.2, -0.15) is 0 Å². The van der Waals surface area contributed by atoms with Gasteiger partial charge >= 0.3 is 0 Å². The topological polar surface area (TPSA) is 29.3 Å². The van der Waals surface area contributed by atoms with Crippen LogP contribution < -0.4 is 5.73 Å². The van der Waals surface area contributed by atoms with E-state index in [1.807, 2.05) is 0 Å². The molecule has 1 aromatic carbocycles. The van der Waals surface area contributed by atoms with Gasteiger partial charge in [0.15, 0.2) is 0 Å². The van der Waals surface area contributed by atoms with Gasteiger partial charge in [-0.05, 0) is 56.6 Å². The van der Waals surface area contributed by atoms with Crippen LogP contribution in [0.1, 0.15) is 25.3 Å². The van der Waals surface area contributed by atoms with Crippen molar-refractivity contribution < 1.29 is 0 Å². The molecule has 3 heteroatoms. The summed E-state index contributed by atoms with van der Waals surface area (Å²) in [5.74, 6) is 0.649. The molecule has 1 unspecified atom stereocenters. The van der Waals surface area contributed by atoms with E-state index in [2.05, 4.69) is 59.1 Å². The molecule has 2 nitrogen and oxygen atoms in total. The van der Waals surface area contributed by atoms with Crippen LogP contribution in [0.4, 0.5) is 0 Å². The van der Waals surface area contributed by atoms with E-state index in [0.717, 1.165) is 24.1 Å². The van der Waals surface area contributed by atoms with E-state index < -0.39 is 0 Å². The summed E-state index contributed by atoms with van der Waals surface area (Å²) in [5, 5.41) is 0. The van der Waals surface area contributed by atoms with Crippen molar-refractivity contribution in [3.05, 3.63) is 34.3 Å². The van der Waals surface area contributed by atoms with Gasteiger partial charge in [-0.15, -0.1) is 0 Å². The van der Waals surface area contributed by atoms with Crippen LogP contribution >= 0.6 is 15.9 Å². The highest BCUT2D eigenvalue weighted by Gasteiger charge is 2.03. The summed E-state index contributed by atoms with van der Waals surface area (Å²) >= 11 is 3.45. The maximum absolute atomic E-state index is 5.61. The molecular formula is C14H23BrN2. The highest BCUT2D eigenvalue weighted by molar-refractivity contribution is 9.10. The van der Waals surface area contributed by atoms with Crippen LogP contribution in [-0.4, -0.2) is 25.0 Å². The minimum absolute atomic E-state index is 0.649. The van der Waals surface area contributed by atoms with Gasteiger partial charge in [-0.3, -0.25) is 0 Å². The van der Waals surface area contributed by atoms with Crippen LogP contribution in [0, 0.1) is 5.92 Å². The van der Waals surface area contributed by atoms with Crippen LogP contribution in [0.15, 0.2) is 28.7 Å². The molecule has 0 fully saturated rings. The number of hydrogen-bond acceptors (Lipinski definition) is 2. The Labute approximate surface area is 113 Å². The van der Waals surface area contributed by atoms with Crippen LogP contribution in [0.2, 0.25) is 0 Å². The predicted octanol–water partition coefficient (Wildman–Crippen LogP) is 3.26. The molecule has 0 aromatic heterocycles. The lowest BCUT2D eigenvalue weighted by Crippen LogP contribution is -2.20. The number of nitrogens with two attached hydrogens (primary N) is 1. The van der Waals surface area contributed by atoms with Crippen molar-refractivity contribution in [3.63, 3.8) is 0 Å². The molecule has 1 aromatic rings. The standard InChI is InChI=1S/C14H23BrN2/c1-12(10-16)4-3-9-17(2)11-13-5-7-14(15)8-6-13/h5-8,12H,3-4,9-11,16H2,1-2H3. The highest BCUT2D eigenvalue weighted by atomic mass is 79.9. The monoisotopic (exact) mass is 298 g/mol. The van der Waals surface area contributed by atoms with Crippen molar-refractivity contribution in [2.24, 2.45) is 11.7 Å². The molecule has 17 heavy (non-hydrogen) atoms. The number of nitrogens with zero attached hydrogens (tertiary/aromatic N) is 1. The molecule has 0 radical (unpaired) electrons. The van der Waals surface area contributed by atoms with Crippen molar-refractivity contribution in [2.45, 2.75) is 26.3 Å². The van der Waals surface area contributed by atoms with Crippen molar-refractivity contribution in [1.29, 1.82) is 0 Å². The maximum atomic E-state index is 5.61. The van der Waals surface area contributed by atoms with E-state index in [0.29, 0.717) is 5.92 Å². The molecule has 2 N–H and O–H groups in total. The lowest BCUT2D eigenvalue weighted by atomic mass is 10.1. The number of hydrogen-bond donors (Lipinski definition) is 1. The molecule has 0 aliphatic rings. The number of rotatable bonds is 7. The van der Waals surface area contributed by atoms with Crippen molar-refractivity contribution in [1.82, 2.24) is 4.90 Å². The van der Waals surface area contributed by atoms with Crippen LogP contribution in [0.25, 0.3) is 0 Å². The molecule has 0 heterocycles. The number of halogens is 1. The zero-order valence-corrected chi connectivity index (χ0v) is 12.4. The Kier molecular flexibility index (Phi) is 6.78. The lowest BCUT2D eigenvalue weighted by molar-refractivity contribution is 0.309. The quantitative estimate of drug-likeness (QED) is 0.837. The molecule has 0 aliphatic carbocycles. The predicted molar refractivity (Wildman–Crippen MR) is 77.9 cm³/mol. The van der Waals surface area contributed by atoms with Crippen LogP contribution in [0.3, 0.4) is 0 Å². The highest BCUT2D eigenvalue weighted by Crippen LogP contribution is 2.12. The second-order valence-corrected chi connectivity index (χ2v) is 5.76. The van der Waals surface area contributed by atoms with E-state index in [4.69, 9.17) is 5.73 Å². The minimum atomic E-state index is 0.649. The normalized spacial score (nSPS) is 13.0. The van der Waals surface area contributed by atoms with Gasteiger partial charge in [0.05, 0.1) is 0 Å². The van der Waals surface area contributed by atoms with Gasteiger partial charge in [0.25, 0.3) is 0 Å². The van der Waals surface area contributed by atoms with Crippen molar-refractivity contribution in [2.75, 3.05) is 20.1 Å². The second kappa shape index (κ2) is 7.85. The lowest BCUT2D eigenvalue weighted by Gasteiger charge is -2.17. The molecule has 0 saturated carbocycles. The van der Waals surface area contributed by atoms with E-state index in [1.54, 1.807) is 0 Å². The van der Waals surface area contributed by atoms with Gasteiger partial charge in [0.2, 0.25) is 0 Å². The molecule has 0 bridgehead atoms. The van der Waals surface area contributed by atoms with E-state index in [1.165, 1.54) is 18.4 Å². The minimum Gasteiger partial charge on any atom is -0.330 e. The Morgan fingerprint density at radius 3 is 2.53 bits per heavy atom. The van der Waals surface area contributed by atoms with E-state index in [-0.39, 0.29) is 0 Å². The van der Waals surface area contributed by atoms with Gasteiger partial charge in [-0.25, -0.2) is 0 Å². The third kappa shape index (κ3) is 6.20. The molecule has 0 aliphatic heterocycles. The summed E-state index contributed by atoms with van der Waals surface area (Å²) in [7, 11) is 2.18. The Bertz CT molecular complexity index is 311. The second-order valence-electron chi connectivity index (χ2n) is 4.85. The van der Waals surface area contributed by atoms with Gasteiger partial charge in [-0.1, -0.05) is 35.0 Å². The van der Waals surface area contributed by atoms with Crippen LogP contribution in [-0.2, 0) is 6.54 Å². The summed E-state index contributed by atoms with van der Waals surface area (Å²) in [6.07, 6.45) is 2.45.